The van der Waals surface area contributed by atoms with Gasteiger partial charge >= 0.3 is 12.1 Å². The number of halogens is 3. The summed E-state index contributed by atoms with van der Waals surface area (Å²) in [6.07, 6.45) is 1.73. The van der Waals surface area contributed by atoms with Crippen LogP contribution in [0.15, 0.2) is 12.4 Å². The van der Waals surface area contributed by atoms with E-state index in [0.29, 0.717) is 38.4 Å². The van der Waals surface area contributed by atoms with Crippen LogP contribution < -0.4 is 5.32 Å². The van der Waals surface area contributed by atoms with E-state index in [-0.39, 0.29) is 18.4 Å². The van der Waals surface area contributed by atoms with Crippen LogP contribution in [-0.4, -0.2) is 83.0 Å². The number of carbonyl (C=O) groups excluding carboxylic acids is 2. The van der Waals surface area contributed by atoms with Crippen LogP contribution in [0.5, 0.6) is 0 Å². The number of carboxylic acid groups (broad SMARTS) is 1. The van der Waals surface area contributed by atoms with Gasteiger partial charge < -0.3 is 29.4 Å². The molecule has 2 aliphatic heterocycles. The lowest BCUT2D eigenvalue weighted by molar-refractivity contribution is -0.192. The Hall–Kier alpha value is -2.67. The first-order valence-electron chi connectivity index (χ1n) is 10.6. The highest BCUT2D eigenvalue weighted by atomic mass is 19.4. The number of likely N-dealkylation sites (tertiary alicyclic amines) is 1. The van der Waals surface area contributed by atoms with Crippen LogP contribution in [0.3, 0.4) is 0 Å². The van der Waals surface area contributed by atoms with Gasteiger partial charge in [0.15, 0.2) is 6.10 Å². The molecule has 1 unspecified atom stereocenters. The molecule has 2 fully saturated rings. The van der Waals surface area contributed by atoms with Crippen LogP contribution in [0, 0.1) is 5.92 Å². The first-order valence-corrected chi connectivity index (χ1v) is 10.6. The second kappa shape index (κ2) is 10.1. The zero-order valence-electron chi connectivity index (χ0n) is 18.1. The first-order chi connectivity index (χ1) is 15.6. The van der Waals surface area contributed by atoms with Crippen molar-refractivity contribution >= 4 is 17.8 Å². The average molecular weight is 476 g/mol. The normalized spacial score (nSPS) is 21.6. The molecule has 1 aromatic heterocycles. The van der Waals surface area contributed by atoms with Crippen molar-refractivity contribution in [1.29, 1.82) is 0 Å². The summed E-state index contributed by atoms with van der Waals surface area (Å²) < 4.78 is 45.0. The van der Waals surface area contributed by atoms with E-state index in [1.165, 1.54) is 20.0 Å². The maximum atomic E-state index is 12.6. The quantitative estimate of drug-likeness (QED) is 0.648. The van der Waals surface area contributed by atoms with E-state index in [2.05, 4.69) is 10.3 Å². The van der Waals surface area contributed by atoms with Gasteiger partial charge in [-0.15, -0.1) is 0 Å². The summed E-state index contributed by atoms with van der Waals surface area (Å²) in [6.45, 7) is 2.47. The van der Waals surface area contributed by atoms with E-state index >= 15 is 0 Å². The van der Waals surface area contributed by atoms with Gasteiger partial charge in [-0.2, -0.15) is 13.2 Å². The monoisotopic (exact) mass is 476 g/mol. The van der Waals surface area contributed by atoms with E-state index in [1.54, 1.807) is 11.1 Å². The second-order valence-electron chi connectivity index (χ2n) is 8.31. The maximum Gasteiger partial charge on any atom is 0.490 e. The minimum Gasteiger partial charge on any atom is -0.475 e. The summed E-state index contributed by atoms with van der Waals surface area (Å²) in [7, 11) is 1.52. The van der Waals surface area contributed by atoms with E-state index in [4.69, 9.17) is 19.4 Å². The molecule has 10 nitrogen and oxygen atoms in total. The lowest BCUT2D eigenvalue weighted by atomic mass is 9.88. The number of carbonyl (C=O) groups is 3. The number of hydrogen-bond donors (Lipinski definition) is 2. The lowest BCUT2D eigenvalue weighted by Gasteiger charge is -2.45. The van der Waals surface area contributed by atoms with E-state index in [1.807, 2.05) is 10.8 Å². The molecule has 0 radical (unpaired) electrons. The highest BCUT2D eigenvalue weighted by molar-refractivity contribution is 5.81. The Bertz CT molecular complexity index is 862. The molecule has 1 saturated carbocycles. The number of nitrogens with zero attached hydrogens (tertiary/aromatic N) is 3. The van der Waals surface area contributed by atoms with Gasteiger partial charge in [0.05, 0.1) is 6.54 Å². The zero-order chi connectivity index (χ0) is 24.2. The third-order valence-electron chi connectivity index (χ3n) is 5.84. The number of hydrogen-bond acceptors (Lipinski definition) is 6. The summed E-state index contributed by atoms with van der Waals surface area (Å²) >= 11 is 0. The van der Waals surface area contributed by atoms with Gasteiger partial charge in [0.25, 0.3) is 5.91 Å². The van der Waals surface area contributed by atoms with Gasteiger partial charge in [-0.25, -0.2) is 9.78 Å². The SMILES string of the molecule is COCC(=O)N1CCC2(CC1)OC(C(=O)NCC1CC1)Cn1ccnc12.O=C(O)C(F)(F)F. The number of amides is 2. The minimum absolute atomic E-state index is 0.0137. The smallest absolute Gasteiger partial charge is 0.475 e. The van der Waals surface area contributed by atoms with Crippen molar-refractivity contribution in [3.63, 3.8) is 0 Å². The molecule has 3 aliphatic rings. The fourth-order valence-electron chi connectivity index (χ4n) is 3.89. The Kier molecular flexibility index (Phi) is 7.62. The standard InChI is InChI=1S/C18H26N4O4.C2HF3O2/c1-25-12-15(23)21-7-4-18(5-8-21)17-19-6-9-22(17)11-14(26-18)16(24)20-10-13-2-3-13;3-2(4,5)1(6)7/h6,9,13-14H,2-5,7-8,10-12H2,1H3,(H,20,24);(H,6,7). The van der Waals surface area contributed by atoms with Crippen LogP contribution in [0.2, 0.25) is 0 Å². The molecule has 33 heavy (non-hydrogen) atoms. The Balaban J connectivity index is 0.000000383. The van der Waals surface area contributed by atoms with Gasteiger partial charge in [-0.3, -0.25) is 9.59 Å². The topological polar surface area (TPSA) is 123 Å². The third kappa shape index (κ3) is 6.22. The fourth-order valence-corrected chi connectivity index (χ4v) is 3.89. The Labute approximate surface area is 188 Å². The van der Waals surface area contributed by atoms with Crippen molar-refractivity contribution in [1.82, 2.24) is 19.8 Å². The van der Waals surface area contributed by atoms with Crippen LogP contribution in [0.4, 0.5) is 13.2 Å². The largest absolute Gasteiger partial charge is 0.490 e. The summed E-state index contributed by atoms with van der Waals surface area (Å²) in [4.78, 5) is 39.8. The van der Waals surface area contributed by atoms with Crippen molar-refractivity contribution in [3.05, 3.63) is 18.2 Å². The molecule has 184 valence electrons. The number of nitrogens with one attached hydrogen (secondary N) is 1. The molecule has 0 aromatic carbocycles. The Morgan fingerprint density at radius 2 is 1.94 bits per heavy atom. The number of ether oxygens (including phenoxy) is 2. The molecule has 1 saturated heterocycles. The summed E-state index contributed by atoms with van der Waals surface area (Å²) in [5, 5.41) is 10.1. The summed E-state index contributed by atoms with van der Waals surface area (Å²) in [6, 6.07) is 0. The molecule has 3 heterocycles. The van der Waals surface area contributed by atoms with Crippen LogP contribution >= 0.6 is 0 Å². The fraction of sp³-hybridized carbons (Fsp3) is 0.700. The minimum atomic E-state index is -5.08. The predicted molar refractivity (Wildman–Crippen MR) is 106 cm³/mol. The Morgan fingerprint density at radius 1 is 1.30 bits per heavy atom. The van der Waals surface area contributed by atoms with Crippen LogP contribution in [-0.2, 0) is 36.0 Å². The van der Waals surface area contributed by atoms with Crippen molar-refractivity contribution in [2.45, 2.75) is 50.1 Å². The van der Waals surface area contributed by atoms with E-state index < -0.39 is 23.9 Å². The molecule has 2 N–H and O–H groups in total. The average Bonchev–Trinajstić information content (AvgIpc) is 3.46. The van der Waals surface area contributed by atoms with Crippen LogP contribution in [0.1, 0.15) is 31.5 Å². The molecular formula is C20H27F3N4O6. The first kappa shape index (κ1) is 25.0. The number of alkyl halides is 3. The molecule has 13 heteroatoms. The van der Waals surface area contributed by atoms with E-state index in [0.717, 1.165) is 12.4 Å². The molecule has 4 rings (SSSR count). The van der Waals surface area contributed by atoms with Crippen molar-refractivity contribution in [2.75, 3.05) is 33.4 Å². The Morgan fingerprint density at radius 3 is 2.48 bits per heavy atom. The van der Waals surface area contributed by atoms with Gasteiger partial charge in [0.2, 0.25) is 5.91 Å². The number of imidazole rings is 1. The number of methoxy groups -OCH3 is 1. The van der Waals surface area contributed by atoms with Gasteiger partial charge in [-0.05, 0) is 18.8 Å². The molecule has 1 spiro atoms. The number of fused-ring (bicyclic) bond motifs is 2. The molecular weight excluding hydrogens is 449 g/mol. The number of piperidine rings is 1. The number of aromatic nitrogens is 2. The molecule has 1 aliphatic carbocycles. The van der Waals surface area contributed by atoms with Crippen molar-refractivity contribution in [3.8, 4) is 0 Å². The number of rotatable bonds is 5. The maximum absolute atomic E-state index is 12.6. The molecule has 0 bridgehead atoms. The molecule has 1 atom stereocenters. The van der Waals surface area contributed by atoms with Crippen molar-refractivity contribution < 1.29 is 42.1 Å². The lowest BCUT2D eigenvalue weighted by Crippen LogP contribution is -2.55. The van der Waals surface area contributed by atoms with Gasteiger partial charge in [0.1, 0.15) is 18.0 Å². The zero-order valence-corrected chi connectivity index (χ0v) is 18.1. The van der Waals surface area contributed by atoms with Gasteiger partial charge in [0, 0.05) is 52.0 Å². The van der Waals surface area contributed by atoms with Crippen LogP contribution in [0.25, 0.3) is 0 Å². The van der Waals surface area contributed by atoms with Gasteiger partial charge in [-0.1, -0.05) is 0 Å². The molecule has 1 aromatic rings. The number of aliphatic carboxylic acids is 1. The highest BCUT2D eigenvalue weighted by Crippen LogP contribution is 2.40. The van der Waals surface area contributed by atoms with E-state index in [9.17, 15) is 22.8 Å². The third-order valence-corrected chi connectivity index (χ3v) is 5.84. The summed E-state index contributed by atoms with van der Waals surface area (Å²) in [5.41, 5.74) is -0.604. The summed E-state index contributed by atoms with van der Waals surface area (Å²) in [5.74, 6) is -1.32. The van der Waals surface area contributed by atoms with Crippen molar-refractivity contribution in [2.24, 2.45) is 5.92 Å². The molecule has 2 amide bonds. The predicted octanol–water partition coefficient (Wildman–Crippen LogP) is 0.906. The second-order valence-corrected chi connectivity index (χ2v) is 8.31. The number of carboxylic acids is 1. The highest BCUT2D eigenvalue weighted by Gasteiger charge is 2.47.